The summed E-state index contributed by atoms with van der Waals surface area (Å²) in [5, 5.41) is 5.14. The number of halogens is 1. The van der Waals surface area contributed by atoms with Gasteiger partial charge in [-0.05, 0) is 18.6 Å². The van der Waals surface area contributed by atoms with Crippen LogP contribution in [0, 0.1) is 12.7 Å². The first-order valence-electron chi connectivity index (χ1n) is 9.36. The minimum Gasteiger partial charge on any atom is -0.355 e. The number of H-pyrrole nitrogens is 1. The first kappa shape index (κ1) is 21.0. The number of amides is 2. The highest BCUT2D eigenvalue weighted by molar-refractivity contribution is 5.99. The normalized spacial score (nSPS) is 10.6. The highest BCUT2D eigenvalue weighted by Gasteiger charge is 2.18. The van der Waals surface area contributed by atoms with Crippen molar-refractivity contribution in [3.63, 3.8) is 0 Å². The van der Waals surface area contributed by atoms with E-state index in [1.54, 1.807) is 37.6 Å². The molecule has 2 amide bonds. The summed E-state index contributed by atoms with van der Waals surface area (Å²) >= 11 is 0. The molecular formula is C21H22FN5O3. The summed E-state index contributed by atoms with van der Waals surface area (Å²) in [6.07, 6.45) is 5.09. The van der Waals surface area contributed by atoms with Crippen molar-refractivity contribution in [2.24, 2.45) is 0 Å². The Hall–Kier alpha value is -3.75. The lowest BCUT2D eigenvalue weighted by Gasteiger charge is -2.13. The van der Waals surface area contributed by atoms with E-state index in [0.717, 1.165) is 5.69 Å². The Morgan fingerprint density at radius 1 is 1.27 bits per heavy atom. The van der Waals surface area contributed by atoms with E-state index in [1.807, 2.05) is 0 Å². The predicted octanol–water partition coefficient (Wildman–Crippen LogP) is 1.40. The topological polar surface area (TPSA) is 109 Å². The number of carbonyl (C=O) groups excluding carboxylic acids is 2. The van der Waals surface area contributed by atoms with E-state index >= 15 is 0 Å². The van der Waals surface area contributed by atoms with Crippen LogP contribution >= 0.6 is 0 Å². The third-order valence-corrected chi connectivity index (χ3v) is 4.67. The lowest BCUT2D eigenvalue weighted by Crippen LogP contribution is -2.34. The fraction of sp³-hybridized carbons (Fsp3) is 0.238. The zero-order valence-corrected chi connectivity index (χ0v) is 16.7. The van der Waals surface area contributed by atoms with Gasteiger partial charge in [0.05, 0.1) is 18.4 Å². The smallest absolute Gasteiger partial charge is 0.263 e. The summed E-state index contributed by atoms with van der Waals surface area (Å²) in [6.45, 7) is 1.86. The maximum absolute atomic E-state index is 14.4. The van der Waals surface area contributed by atoms with Crippen LogP contribution < -0.4 is 16.2 Å². The first-order valence-corrected chi connectivity index (χ1v) is 9.36. The van der Waals surface area contributed by atoms with E-state index in [-0.39, 0.29) is 23.2 Å². The third-order valence-electron chi connectivity index (χ3n) is 4.67. The second kappa shape index (κ2) is 9.17. The van der Waals surface area contributed by atoms with Crippen LogP contribution in [0.2, 0.25) is 0 Å². The molecule has 8 nitrogen and oxygen atoms in total. The van der Waals surface area contributed by atoms with Crippen molar-refractivity contribution >= 4 is 11.8 Å². The molecule has 156 valence electrons. The molecule has 2 heterocycles. The van der Waals surface area contributed by atoms with Crippen molar-refractivity contribution in [1.29, 1.82) is 0 Å². The van der Waals surface area contributed by atoms with E-state index in [4.69, 9.17) is 0 Å². The van der Waals surface area contributed by atoms with Crippen LogP contribution in [0.15, 0.2) is 47.8 Å². The summed E-state index contributed by atoms with van der Waals surface area (Å²) < 4.78 is 15.6. The number of rotatable bonds is 7. The monoisotopic (exact) mass is 411 g/mol. The third kappa shape index (κ3) is 4.62. The van der Waals surface area contributed by atoms with E-state index in [9.17, 15) is 18.8 Å². The second-order valence-electron chi connectivity index (χ2n) is 6.79. The average Bonchev–Trinajstić information content (AvgIpc) is 3.25. The molecule has 3 aromatic rings. The molecule has 0 aliphatic carbocycles. The number of aryl methyl sites for hydroxylation is 1. The number of nitrogens with zero attached hydrogens (tertiary/aromatic N) is 2. The molecule has 0 atom stereocenters. The van der Waals surface area contributed by atoms with Gasteiger partial charge in [0.1, 0.15) is 11.4 Å². The van der Waals surface area contributed by atoms with Crippen molar-refractivity contribution in [1.82, 2.24) is 25.2 Å². The van der Waals surface area contributed by atoms with Crippen LogP contribution in [0.3, 0.4) is 0 Å². The van der Waals surface area contributed by atoms with Crippen molar-refractivity contribution in [2.45, 2.75) is 19.9 Å². The number of hydrogen-bond acceptors (Lipinski definition) is 4. The molecular weight excluding hydrogens is 389 g/mol. The number of nitrogens with one attached hydrogen (secondary N) is 3. The maximum Gasteiger partial charge on any atom is 0.263 e. The molecule has 0 spiro atoms. The Bertz CT molecular complexity index is 1120. The van der Waals surface area contributed by atoms with Gasteiger partial charge in [-0.15, -0.1) is 0 Å². The molecule has 0 radical (unpaired) electrons. The van der Waals surface area contributed by atoms with Gasteiger partial charge >= 0.3 is 0 Å². The largest absolute Gasteiger partial charge is 0.355 e. The van der Waals surface area contributed by atoms with Gasteiger partial charge < -0.3 is 20.2 Å². The zero-order valence-electron chi connectivity index (χ0n) is 16.7. The Balaban J connectivity index is 1.90. The highest BCUT2D eigenvalue weighted by Crippen LogP contribution is 2.13. The maximum atomic E-state index is 14.4. The van der Waals surface area contributed by atoms with E-state index in [0.29, 0.717) is 18.5 Å². The number of hydrogen-bond donors (Lipinski definition) is 3. The average molecular weight is 411 g/mol. The summed E-state index contributed by atoms with van der Waals surface area (Å²) in [5.74, 6) is -1.50. The molecule has 0 bridgehead atoms. The minimum atomic E-state index is -0.620. The number of carbonyl (C=O) groups is 2. The summed E-state index contributed by atoms with van der Waals surface area (Å²) in [6, 6.07) is 6.12. The summed E-state index contributed by atoms with van der Waals surface area (Å²) in [4.78, 5) is 44.4. The van der Waals surface area contributed by atoms with Gasteiger partial charge in [-0.2, -0.15) is 0 Å². The quantitative estimate of drug-likeness (QED) is 0.546. The molecule has 3 rings (SSSR count). The van der Waals surface area contributed by atoms with Gasteiger partial charge in [0.2, 0.25) is 0 Å². The Labute approximate surface area is 172 Å². The van der Waals surface area contributed by atoms with Crippen LogP contribution in [0.25, 0.3) is 0 Å². The molecule has 3 N–H and O–H groups in total. The zero-order chi connectivity index (χ0) is 21.7. The lowest BCUT2D eigenvalue weighted by molar-refractivity contribution is 0.0953. The van der Waals surface area contributed by atoms with Gasteiger partial charge in [-0.1, -0.05) is 18.2 Å². The molecule has 0 unspecified atom stereocenters. The molecule has 0 saturated heterocycles. The Kier molecular flexibility index (Phi) is 6.41. The van der Waals surface area contributed by atoms with Crippen LogP contribution in [-0.2, 0) is 13.0 Å². The van der Waals surface area contributed by atoms with E-state index in [2.05, 4.69) is 20.6 Å². The minimum absolute atomic E-state index is 0.106. The fourth-order valence-electron chi connectivity index (χ4n) is 3.02. The van der Waals surface area contributed by atoms with Crippen LogP contribution in [0.4, 0.5) is 4.39 Å². The summed E-state index contributed by atoms with van der Waals surface area (Å²) in [7, 11) is 1.39. The molecule has 1 aromatic carbocycles. The van der Waals surface area contributed by atoms with Crippen molar-refractivity contribution < 1.29 is 14.0 Å². The van der Waals surface area contributed by atoms with Crippen molar-refractivity contribution in [3.8, 4) is 0 Å². The Morgan fingerprint density at radius 3 is 2.77 bits per heavy atom. The second-order valence-corrected chi connectivity index (χ2v) is 6.79. The van der Waals surface area contributed by atoms with Gasteiger partial charge in [0.25, 0.3) is 17.4 Å². The lowest BCUT2D eigenvalue weighted by atomic mass is 10.1. The van der Waals surface area contributed by atoms with E-state index < -0.39 is 23.2 Å². The molecule has 2 aromatic heterocycles. The van der Waals surface area contributed by atoms with Gasteiger partial charge in [0, 0.05) is 43.7 Å². The van der Waals surface area contributed by atoms with Gasteiger partial charge in [0.15, 0.2) is 0 Å². The molecule has 9 heteroatoms. The van der Waals surface area contributed by atoms with Crippen molar-refractivity contribution in [2.75, 3.05) is 13.6 Å². The highest BCUT2D eigenvalue weighted by atomic mass is 19.1. The van der Waals surface area contributed by atoms with Gasteiger partial charge in [-0.3, -0.25) is 14.4 Å². The van der Waals surface area contributed by atoms with Crippen molar-refractivity contribution in [3.05, 3.63) is 87.1 Å². The standard InChI is InChI=1S/C21H22FN5O3/c1-13-4-3-5-14(18(13)22)10-27-11-15(8-17(21(27)30)20(29)23-2)19(28)25-7-6-16-9-24-12-26-16/h3-5,8-9,11-12H,6-7,10H2,1-2H3,(H,23,29)(H,24,26)(H,25,28). The SMILES string of the molecule is CNC(=O)c1cc(C(=O)NCCc2cnc[nH]2)cn(Cc2cccc(C)c2F)c1=O. The molecule has 0 saturated carbocycles. The number of pyridine rings is 1. The summed E-state index contributed by atoms with van der Waals surface area (Å²) in [5.41, 5.74) is 0.930. The first-order chi connectivity index (χ1) is 14.4. The van der Waals surface area contributed by atoms with Crippen LogP contribution in [-0.4, -0.2) is 39.9 Å². The number of aromatic amines is 1. The molecule has 0 aliphatic rings. The van der Waals surface area contributed by atoms with Crippen LogP contribution in [0.1, 0.15) is 37.5 Å². The van der Waals surface area contributed by atoms with Gasteiger partial charge in [-0.25, -0.2) is 9.37 Å². The molecule has 0 fully saturated rings. The molecule has 0 aliphatic heterocycles. The number of benzene rings is 1. The van der Waals surface area contributed by atoms with Crippen LogP contribution in [0.5, 0.6) is 0 Å². The molecule has 30 heavy (non-hydrogen) atoms. The number of aromatic nitrogens is 3. The predicted molar refractivity (Wildman–Crippen MR) is 109 cm³/mol. The fourth-order valence-corrected chi connectivity index (χ4v) is 3.02. The number of imidazole rings is 1. The Morgan fingerprint density at radius 2 is 2.07 bits per heavy atom. The van der Waals surface area contributed by atoms with E-state index in [1.165, 1.54) is 23.9 Å².